The average molecular weight is 225 g/mol. The van der Waals surface area contributed by atoms with E-state index in [-0.39, 0.29) is 4.46 Å². The van der Waals surface area contributed by atoms with Gasteiger partial charge in [0.25, 0.3) is 0 Å². The van der Waals surface area contributed by atoms with Crippen LogP contribution in [0.25, 0.3) is 0 Å². The van der Waals surface area contributed by atoms with Crippen molar-refractivity contribution in [2.75, 3.05) is 0 Å². The zero-order valence-corrected chi connectivity index (χ0v) is 10.3. The monoisotopic (exact) mass is 224 g/mol. The molecule has 0 bridgehead atoms. The summed E-state index contributed by atoms with van der Waals surface area (Å²) in [5.41, 5.74) is 0. The molecule has 0 spiro atoms. The molecule has 0 aliphatic rings. The van der Waals surface area contributed by atoms with E-state index in [2.05, 4.69) is 6.92 Å². The van der Waals surface area contributed by atoms with Crippen LogP contribution in [0.4, 0.5) is 0 Å². The van der Waals surface area contributed by atoms with Crippen LogP contribution in [0.5, 0.6) is 0 Å². The number of halogens is 2. The average Bonchev–Trinajstić information content (AvgIpc) is 2.02. The highest BCUT2D eigenvalue weighted by Gasteiger charge is 1.98. The summed E-state index contributed by atoms with van der Waals surface area (Å²) >= 11 is 11.2. The minimum Gasteiger partial charge on any atom is -0.110 e. The van der Waals surface area contributed by atoms with Gasteiger partial charge < -0.3 is 0 Å². The first kappa shape index (κ1) is 12.8. The number of rotatable bonds is 8. The number of unbranched alkanes of at least 4 members (excludes halogenated alkanes) is 5. The lowest BCUT2D eigenvalue weighted by Gasteiger charge is -2.00. The second kappa shape index (κ2) is 9.88. The van der Waals surface area contributed by atoms with E-state index in [0.717, 1.165) is 9.52 Å². The summed E-state index contributed by atoms with van der Waals surface area (Å²) in [5, 5.41) is 0. The molecule has 0 aromatic heterocycles. The molecule has 0 fully saturated rings. The first-order valence-corrected chi connectivity index (χ1v) is 6.94. The molecule has 0 heterocycles. The van der Waals surface area contributed by atoms with Gasteiger partial charge >= 0.3 is 0 Å². The van der Waals surface area contributed by atoms with Crippen molar-refractivity contribution in [3.63, 3.8) is 0 Å². The fourth-order valence-electron chi connectivity index (χ4n) is 1.12. The normalized spacial score (nSPS) is 11.0. The highest BCUT2D eigenvalue weighted by molar-refractivity contribution is 6.68. The second-order valence-corrected chi connectivity index (χ2v) is 6.34. The maximum atomic E-state index is 5.62. The molecular formula is C9H18Cl2Si. The molecule has 72 valence electrons. The molecule has 0 unspecified atom stereocenters. The van der Waals surface area contributed by atoms with Crippen LogP contribution >= 0.6 is 23.2 Å². The van der Waals surface area contributed by atoms with Gasteiger partial charge in [0.15, 0.2) is 0 Å². The SMILES string of the molecule is CCCCCCCC[Si]C(Cl)Cl. The van der Waals surface area contributed by atoms with Crippen molar-refractivity contribution >= 4 is 32.7 Å². The Bertz CT molecular complexity index is 86.6. The van der Waals surface area contributed by atoms with E-state index in [4.69, 9.17) is 23.2 Å². The summed E-state index contributed by atoms with van der Waals surface area (Å²) in [7, 11) is 0.732. The Morgan fingerprint density at radius 1 is 1.00 bits per heavy atom. The Morgan fingerprint density at radius 3 is 2.17 bits per heavy atom. The minimum absolute atomic E-state index is 0.124. The van der Waals surface area contributed by atoms with Crippen molar-refractivity contribution in [1.29, 1.82) is 0 Å². The molecule has 0 saturated carbocycles. The van der Waals surface area contributed by atoms with Gasteiger partial charge in [-0.25, -0.2) is 0 Å². The molecule has 0 amide bonds. The third-order valence-corrected chi connectivity index (χ3v) is 3.71. The first-order chi connectivity index (χ1) is 5.77. The first-order valence-electron chi connectivity index (χ1n) is 4.79. The standard InChI is InChI=1S/C9H18Cl2Si/c1-2-3-4-5-6-7-8-12-9(10)11/h9H,2-8H2,1H3. The van der Waals surface area contributed by atoms with E-state index in [9.17, 15) is 0 Å². The van der Waals surface area contributed by atoms with E-state index >= 15 is 0 Å². The van der Waals surface area contributed by atoms with E-state index in [1.807, 2.05) is 0 Å². The van der Waals surface area contributed by atoms with Gasteiger partial charge in [-0.15, -0.1) is 23.2 Å². The van der Waals surface area contributed by atoms with Crippen LogP contribution in [-0.2, 0) is 0 Å². The van der Waals surface area contributed by atoms with Crippen molar-refractivity contribution in [2.45, 2.75) is 56.0 Å². The zero-order chi connectivity index (χ0) is 9.23. The van der Waals surface area contributed by atoms with Crippen LogP contribution in [0.3, 0.4) is 0 Å². The smallest absolute Gasteiger partial charge is 0.0929 e. The number of alkyl halides is 2. The van der Waals surface area contributed by atoms with Gasteiger partial charge in [-0.3, -0.25) is 0 Å². The Labute approximate surface area is 88.8 Å². The Morgan fingerprint density at radius 2 is 1.58 bits per heavy atom. The predicted molar refractivity (Wildman–Crippen MR) is 59.4 cm³/mol. The molecule has 0 saturated heterocycles. The fourth-order valence-corrected chi connectivity index (χ4v) is 2.44. The second-order valence-electron chi connectivity index (χ2n) is 3.02. The van der Waals surface area contributed by atoms with Crippen LogP contribution < -0.4 is 0 Å². The molecule has 0 aromatic carbocycles. The third-order valence-electron chi connectivity index (χ3n) is 1.83. The van der Waals surface area contributed by atoms with Crippen molar-refractivity contribution in [1.82, 2.24) is 0 Å². The highest BCUT2D eigenvalue weighted by Crippen LogP contribution is 2.09. The molecule has 0 aliphatic carbocycles. The molecule has 0 nitrogen and oxygen atoms in total. The maximum absolute atomic E-state index is 5.62. The summed E-state index contributed by atoms with van der Waals surface area (Å²) in [4.78, 5) is 0. The van der Waals surface area contributed by atoms with Gasteiger partial charge in [0.2, 0.25) is 0 Å². The molecule has 0 atom stereocenters. The minimum atomic E-state index is -0.124. The van der Waals surface area contributed by atoms with Gasteiger partial charge in [-0.05, 0) is 0 Å². The zero-order valence-electron chi connectivity index (χ0n) is 7.78. The molecule has 3 heteroatoms. The fraction of sp³-hybridized carbons (Fsp3) is 1.00. The lowest BCUT2D eigenvalue weighted by Crippen LogP contribution is -1.99. The van der Waals surface area contributed by atoms with Crippen LogP contribution in [0, 0.1) is 0 Å². The largest absolute Gasteiger partial charge is 0.110 e. The molecular weight excluding hydrogens is 207 g/mol. The number of hydrogen-bond donors (Lipinski definition) is 0. The molecule has 0 aliphatic heterocycles. The van der Waals surface area contributed by atoms with Gasteiger partial charge in [-0.1, -0.05) is 51.5 Å². The summed E-state index contributed by atoms with van der Waals surface area (Å²) in [6, 6.07) is 1.21. The van der Waals surface area contributed by atoms with E-state index in [1.54, 1.807) is 0 Å². The Balaban J connectivity index is 2.82. The molecule has 12 heavy (non-hydrogen) atoms. The van der Waals surface area contributed by atoms with E-state index < -0.39 is 0 Å². The molecule has 0 rings (SSSR count). The van der Waals surface area contributed by atoms with Crippen LogP contribution in [0.15, 0.2) is 0 Å². The summed E-state index contributed by atoms with van der Waals surface area (Å²) in [5.74, 6) is 0. The van der Waals surface area contributed by atoms with Crippen LogP contribution in [0.2, 0.25) is 6.04 Å². The summed E-state index contributed by atoms with van der Waals surface area (Å²) < 4.78 is -0.124. The summed E-state index contributed by atoms with van der Waals surface area (Å²) in [6.45, 7) is 2.24. The van der Waals surface area contributed by atoms with Crippen LogP contribution in [0.1, 0.15) is 45.4 Å². The van der Waals surface area contributed by atoms with Crippen molar-refractivity contribution in [3.05, 3.63) is 0 Å². The highest BCUT2D eigenvalue weighted by atomic mass is 35.5. The predicted octanol–water partition coefficient (Wildman–Crippen LogP) is 4.23. The molecule has 0 N–H and O–H groups in total. The van der Waals surface area contributed by atoms with E-state index in [0.29, 0.717) is 0 Å². The van der Waals surface area contributed by atoms with Gasteiger partial charge in [0, 0.05) is 0 Å². The lowest BCUT2D eigenvalue weighted by atomic mass is 10.1. The van der Waals surface area contributed by atoms with Gasteiger partial charge in [-0.2, -0.15) is 0 Å². The van der Waals surface area contributed by atoms with Gasteiger partial charge in [0.1, 0.15) is 0 Å². The lowest BCUT2D eigenvalue weighted by molar-refractivity contribution is 0.624. The van der Waals surface area contributed by atoms with E-state index in [1.165, 1.54) is 44.6 Å². The summed E-state index contributed by atoms with van der Waals surface area (Å²) in [6.07, 6.45) is 8.15. The van der Waals surface area contributed by atoms with Gasteiger partial charge in [0.05, 0.1) is 14.0 Å². The molecule has 0 aromatic rings. The Hall–Kier alpha value is 0.797. The van der Waals surface area contributed by atoms with Crippen molar-refractivity contribution in [3.8, 4) is 0 Å². The van der Waals surface area contributed by atoms with Crippen molar-refractivity contribution in [2.24, 2.45) is 0 Å². The number of hydrogen-bond acceptors (Lipinski definition) is 0. The van der Waals surface area contributed by atoms with Crippen molar-refractivity contribution < 1.29 is 0 Å². The Kier molecular flexibility index (Phi) is 10.5. The maximum Gasteiger partial charge on any atom is 0.0929 e. The third kappa shape index (κ3) is 10.8. The molecule has 2 radical (unpaired) electrons. The van der Waals surface area contributed by atoms with Crippen LogP contribution in [-0.4, -0.2) is 14.0 Å². The quantitative estimate of drug-likeness (QED) is 0.329. The topological polar surface area (TPSA) is 0 Å².